The normalized spacial score (nSPS) is 24.2. The molecule has 0 bridgehead atoms. The SMILES string of the molecule is C[C@H]1CCN1c1nc(N2CCCCC(C(=O)O)CC2)c2cc(Cl)sc2n1. The predicted molar refractivity (Wildman–Crippen MR) is 106 cm³/mol. The molecule has 2 aliphatic heterocycles. The monoisotopic (exact) mass is 394 g/mol. The molecule has 0 spiro atoms. The van der Waals surface area contributed by atoms with Crippen molar-refractivity contribution in [2.45, 2.75) is 45.1 Å². The van der Waals surface area contributed by atoms with Gasteiger partial charge in [-0.25, -0.2) is 4.98 Å². The number of thiophene rings is 1. The Morgan fingerprint density at radius 2 is 2.08 bits per heavy atom. The first-order valence-electron chi connectivity index (χ1n) is 9.24. The summed E-state index contributed by atoms with van der Waals surface area (Å²) in [6.07, 6.45) is 4.48. The number of carboxylic acids is 1. The Kier molecular flexibility index (Phi) is 4.92. The van der Waals surface area contributed by atoms with Gasteiger partial charge in [0, 0.05) is 25.7 Å². The van der Waals surface area contributed by atoms with Gasteiger partial charge in [0.2, 0.25) is 5.95 Å². The maximum atomic E-state index is 11.4. The number of aromatic nitrogens is 2. The minimum atomic E-state index is -0.687. The first kappa shape index (κ1) is 17.8. The van der Waals surface area contributed by atoms with Crippen LogP contribution in [-0.4, -0.2) is 46.7 Å². The van der Waals surface area contributed by atoms with E-state index in [2.05, 4.69) is 16.7 Å². The number of anilines is 2. The average Bonchev–Trinajstić information content (AvgIpc) is 2.93. The van der Waals surface area contributed by atoms with Crippen LogP contribution in [-0.2, 0) is 4.79 Å². The highest BCUT2D eigenvalue weighted by molar-refractivity contribution is 7.22. The minimum absolute atomic E-state index is 0.268. The Hall–Kier alpha value is -1.60. The molecule has 6 nitrogen and oxygen atoms in total. The van der Waals surface area contributed by atoms with Gasteiger partial charge in [-0.1, -0.05) is 18.0 Å². The zero-order valence-electron chi connectivity index (χ0n) is 14.8. The van der Waals surface area contributed by atoms with E-state index in [0.29, 0.717) is 23.3 Å². The van der Waals surface area contributed by atoms with Gasteiger partial charge in [0.1, 0.15) is 10.6 Å². The molecule has 8 heteroatoms. The molecule has 2 aliphatic rings. The molecule has 0 aromatic carbocycles. The van der Waals surface area contributed by atoms with E-state index in [0.717, 1.165) is 60.8 Å². The Morgan fingerprint density at radius 1 is 1.23 bits per heavy atom. The van der Waals surface area contributed by atoms with Gasteiger partial charge in [0.05, 0.1) is 15.6 Å². The number of fused-ring (bicyclic) bond motifs is 1. The van der Waals surface area contributed by atoms with Gasteiger partial charge in [0.25, 0.3) is 0 Å². The summed E-state index contributed by atoms with van der Waals surface area (Å²) in [7, 11) is 0. The summed E-state index contributed by atoms with van der Waals surface area (Å²) in [5.74, 6) is 0.712. The predicted octanol–water partition coefficient (Wildman–Crippen LogP) is 4.02. The molecule has 0 aliphatic carbocycles. The van der Waals surface area contributed by atoms with Crippen LogP contribution < -0.4 is 9.80 Å². The van der Waals surface area contributed by atoms with Crippen molar-refractivity contribution in [3.05, 3.63) is 10.4 Å². The number of aliphatic carboxylic acids is 1. The largest absolute Gasteiger partial charge is 0.481 e. The first-order chi connectivity index (χ1) is 12.5. The van der Waals surface area contributed by atoms with E-state index in [4.69, 9.17) is 21.6 Å². The highest BCUT2D eigenvalue weighted by Crippen LogP contribution is 2.37. The van der Waals surface area contributed by atoms with Crippen LogP contribution in [0, 0.1) is 5.92 Å². The molecule has 4 rings (SSSR count). The van der Waals surface area contributed by atoms with Crippen molar-refractivity contribution < 1.29 is 9.90 Å². The van der Waals surface area contributed by atoms with E-state index in [-0.39, 0.29) is 5.92 Å². The van der Waals surface area contributed by atoms with Gasteiger partial charge in [-0.15, -0.1) is 11.3 Å². The zero-order valence-corrected chi connectivity index (χ0v) is 16.4. The third-order valence-electron chi connectivity index (χ3n) is 5.53. The van der Waals surface area contributed by atoms with E-state index in [1.54, 1.807) is 0 Å². The van der Waals surface area contributed by atoms with Crippen LogP contribution in [0.3, 0.4) is 0 Å². The van der Waals surface area contributed by atoms with Gasteiger partial charge < -0.3 is 14.9 Å². The lowest BCUT2D eigenvalue weighted by Gasteiger charge is -2.39. The second-order valence-corrected chi connectivity index (χ2v) is 8.92. The molecule has 0 saturated carbocycles. The first-order valence-corrected chi connectivity index (χ1v) is 10.4. The van der Waals surface area contributed by atoms with Crippen molar-refractivity contribution in [2.24, 2.45) is 5.92 Å². The molecular weight excluding hydrogens is 372 g/mol. The maximum absolute atomic E-state index is 11.4. The number of carboxylic acid groups (broad SMARTS) is 1. The summed E-state index contributed by atoms with van der Waals surface area (Å²) in [5, 5.41) is 10.4. The summed E-state index contributed by atoms with van der Waals surface area (Å²) in [5.41, 5.74) is 0. The molecule has 0 amide bonds. The van der Waals surface area contributed by atoms with Crippen LogP contribution in [0.15, 0.2) is 6.07 Å². The van der Waals surface area contributed by atoms with E-state index >= 15 is 0 Å². The van der Waals surface area contributed by atoms with Crippen molar-refractivity contribution in [1.29, 1.82) is 0 Å². The highest BCUT2D eigenvalue weighted by atomic mass is 35.5. The lowest BCUT2D eigenvalue weighted by molar-refractivity contribution is -0.142. The lowest BCUT2D eigenvalue weighted by atomic mass is 9.96. The molecule has 2 saturated heterocycles. The van der Waals surface area contributed by atoms with E-state index < -0.39 is 5.97 Å². The third-order valence-corrected chi connectivity index (χ3v) is 6.69. The van der Waals surface area contributed by atoms with Crippen molar-refractivity contribution >= 4 is 50.9 Å². The number of rotatable bonds is 3. The fourth-order valence-corrected chi connectivity index (χ4v) is 4.85. The molecule has 1 unspecified atom stereocenters. The van der Waals surface area contributed by atoms with Gasteiger partial charge in [-0.05, 0) is 38.7 Å². The van der Waals surface area contributed by atoms with Crippen molar-refractivity contribution in [3.8, 4) is 0 Å². The molecule has 26 heavy (non-hydrogen) atoms. The number of carbonyl (C=O) groups is 1. The summed E-state index contributed by atoms with van der Waals surface area (Å²) in [6, 6.07) is 2.40. The number of hydrogen-bond acceptors (Lipinski definition) is 6. The van der Waals surface area contributed by atoms with Crippen LogP contribution in [0.1, 0.15) is 39.0 Å². The fraction of sp³-hybridized carbons (Fsp3) is 0.611. The van der Waals surface area contributed by atoms with E-state index in [1.165, 1.54) is 11.3 Å². The molecule has 140 valence electrons. The van der Waals surface area contributed by atoms with Crippen molar-refractivity contribution in [2.75, 3.05) is 29.4 Å². The Balaban J connectivity index is 1.70. The smallest absolute Gasteiger partial charge is 0.306 e. The Morgan fingerprint density at radius 3 is 2.77 bits per heavy atom. The molecule has 2 fully saturated rings. The zero-order chi connectivity index (χ0) is 18.3. The molecule has 2 atom stereocenters. The minimum Gasteiger partial charge on any atom is -0.481 e. The molecule has 0 radical (unpaired) electrons. The molecule has 1 N–H and O–H groups in total. The third kappa shape index (κ3) is 3.34. The van der Waals surface area contributed by atoms with Gasteiger partial charge in [-0.3, -0.25) is 4.79 Å². The van der Waals surface area contributed by atoms with Crippen LogP contribution in [0.4, 0.5) is 11.8 Å². The summed E-state index contributed by atoms with van der Waals surface area (Å²) < 4.78 is 0.708. The van der Waals surface area contributed by atoms with Crippen LogP contribution in [0.5, 0.6) is 0 Å². The topological polar surface area (TPSA) is 69.6 Å². The van der Waals surface area contributed by atoms with Gasteiger partial charge in [-0.2, -0.15) is 4.98 Å². The van der Waals surface area contributed by atoms with Crippen molar-refractivity contribution in [1.82, 2.24) is 9.97 Å². The quantitative estimate of drug-likeness (QED) is 0.847. The number of halogens is 1. The fourth-order valence-electron chi connectivity index (χ4n) is 3.77. The Bertz CT molecular complexity index is 827. The van der Waals surface area contributed by atoms with Crippen LogP contribution >= 0.6 is 22.9 Å². The second-order valence-electron chi connectivity index (χ2n) is 7.25. The summed E-state index contributed by atoms with van der Waals surface area (Å²) in [4.78, 5) is 26.4. The number of hydrogen-bond donors (Lipinski definition) is 1. The van der Waals surface area contributed by atoms with Gasteiger partial charge >= 0.3 is 5.97 Å². The standard InChI is InChI=1S/C18H23ClN4O2S/c1-11-5-9-23(11)18-20-15(13-10-14(19)26-16(13)21-18)22-7-3-2-4-12(6-8-22)17(24)25/h10-12H,2-9H2,1H3,(H,24,25)/t11-,12?/m0/s1. The van der Waals surface area contributed by atoms with Crippen molar-refractivity contribution in [3.63, 3.8) is 0 Å². The average molecular weight is 395 g/mol. The summed E-state index contributed by atoms with van der Waals surface area (Å²) >= 11 is 7.75. The molecule has 2 aromatic heterocycles. The molecule has 4 heterocycles. The van der Waals surface area contributed by atoms with E-state index in [1.807, 2.05) is 6.07 Å². The second kappa shape index (κ2) is 7.19. The maximum Gasteiger partial charge on any atom is 0.306 e. The van der Waals surface area contributed by atoms with Crippen LogP contribution in [0.25, 0.3) is 10.2 Å². The lowest BCUT2D eigenvalue weighted by Crippen LogP contribution is -2.46. The van der Waals surface area contributed by atoms with Crippen LogP contribution in [0.2, 0.25) is 4.34 Å². The Labute approximate surface area is 161 Å². The van der Waals surface area contributed by atoms with Gasteiger partial charge in [0.15, 0.2) is 0 Å². The van der Waals surface area contributed by atoms with E-state index in [9.17, 15) is 9.90 Å². The summed E-state index contributed by atoms with van der Waals surface area (Å²) in [6.45, 7) is 4.75. The highest BCUT2D eigenvalue weighted by Gasteiger charge is 2.29. The molecule has 2 aromatic rings. The molecular formula is C18H23ClN4O2S. The number of nitrogens with zero attached hydrogens (tertiary/aromatic N) is 4.